The standard InChI is InChI=1S/C16H20N4O3/c21-12-16(22)20-8-6-19(7-9-20)11-15-17-14(18-23-15)10-13-4-2-1-3-5-13/h1-5,21H,6-12H2. The van der Waals surface area contributed by atoms with Crippen molar-refractivity contribution >= 4 is 5.91 Å². The Labute approximate surface area is 134 Å². The van der Waals surface area contributed by atoms with Gasteiger partial charge in [0.2, 0.25) is 11.8 Å². The van der Waals surface area contributed by atoms with E-state index >= 15 is 0 Å². The van der Waals surface area contributed by atoms with E-state index in [1.807, 2.05) is 30.3 Å². The molecule has 2 heterocycles. The van der Waals surface area contributed by atoms with Crippen molar-refractivity contribution in [1.82, 2.24) is 19.9 Å². The third-order valence-corrected chi connectivity index (χ3v) is 3.93. The molecule has 0 saturated carbocycles. The van der Waals surface area contributed by atoms with Crippen LogP contribution in [0.3, 0.4) is 0 Å². The maximum absolute atomic E-state index is 11.4. The molecule has 3 rings (SSSR count). The minimum absolute atomic E-state index is 0.215. The number of aliphatic hydroxyl groups is 1. The second-order valence-electron chi connectivity index (χ2n) is 5.58. The van der Waals surface area contributed by atoms with Gasteiger partial charge in [-0.15, -0.1) is 0 Å². The highest BCUT2D eigenvalue weighted by Gasteiger charge is 2.21. The van der Waals surface area contributed by atoms with E-state index in [0.717, 1.165) is 18.7 Å². The summed E-state index contributed by atoms with van der Waals surface area (Å²) in [7, 11) is 0. The van der Waals surface area contributed by atoms with E-state index in [4.69, 9.17) is 9.63 Å². The van der Waals surface area contributed by atoms with Crippen LogP contribution in [-0.2, 0) is 17.8 Å². The summed E-state index contributed by atoms with van der Waals surface area (Å²) in [6.07, 6.45) is 0.656. The molecule has 0 aliphatic carbocycles. The average Bonchev–Trinajstić information content (AvgIpc) is 3.02. The molecule has 1 aliphatic rings. The third kappa shape index (κ3) is 4.14. The van der Waals surface area contributed by atoms with Crippen LogP contribution < -0.4 is 0 Å². The number of carbonyl (C=O) groups is 1. The number of aromatic nitrogens is 2. The summed E-state index contributed by atoms with van der Waals surface area (Å²) in [5, 5.41) is 12.9. The molecule has 23 heavy (non-hydrogen) atoms. The van der Waals surface area contributed by atoms with E-state index in [2.05, 4.69) is 15.0 Å². The highest BCUT2D eigenvalue weighted by Crippen LogP contribution is 2.10. The van der Waals surface area contributed by atoms with Crippen molar-refractivity contribution in [3.63, 3.8) is 0 Å². The fourth-order valence-corrected chi connectivity index (χ4v) is 2.65. The van der Waals surface area contributed by atoms with Gasteiger partial charge in [0.05, 0.1) is 6.54 Å². The first kappa shape index (κ1) is 15.6. The lowest BCUT2D eigenvalue weighted by atomic mass is 10.1. The topological polar surface area (TPSA) is 82.7 Å². The summed E-state index contributed by atoms with van der Waals surface area (Å²) in [5.41, 5.74) is 1.15. The van der Waals surface area contributed by atoms with Crippen LogP contribution in [-0.4, -0.2) is 63.7 Å². The second kappa shape index (κ2) is 7.34. The van der Waals surface area contributed by atoms with Gasteiger partial charge in [-0.05, 0) is 5.56 Å². The van der Waals surface area contributed by atoms with Crippen LogP contribution in [0, 0.1) is 0 Å². The number of rotatable bonds is 5. The predicted octanol–water partition coefficient (Wildman–Crippen LogP) is 0.297. The number of carbonyl (C=O) groups excluding carboxylic acids is 1. The minimum Gasteiger partial charge on any atom is -0.387 e. The number of piperazine rings is 1. The van der Waals surface area contributed by atoms with Crippen LogP contribution in [0.1, 0.15) is 17.3 Å². The van der Waals surface area contributed by atoms with Gasteiger partial charge in [0, 0.05) is 32.6 Å². The van der Waals surface area contributed by atoms with Crippen molar-refractivity contribution in [3.05, 3.63) is 47.6 Å². The molecule has 122 valence electrons. The Bertz CT molecular complexity index is 636. The van der Waals surface area contributed by atoms with Crippen LogP contribution in [0.2, 0.25) is 0 Å². The minimum atomic E-state index is -0.424. The van der Waals surface area contributed by atoms with Crippen molar-refractivity contribution in [3.8, 4) is 0 Å². The number of hydrogen-bond donors (Lipinski definition) is 1. The number of nitrogens with zero attached hydrogens (tertiary/aromatic N) is 4. The molecular formula is C16H20N4O3. The number of benzene rings is 1. The molecule has 0 unspecified atom stereocenters. The quantitative estimate of drug-likeness (QED) is 0.854. The van der Waals surface area contributed by atoms with Gasteiger partial charge in [0.15, 0.2) is 5.82 Å². The first-order chi connectivity index (χ1) is 11.2. The van der Waals surface area contributed by atoms with Crippen LogP contribution in [0.15, 0.2) is 34.9 Å². The van der Waals surface area contributed by atoms with Crippen LogP contribution in [0.25, 0.3) is 0 Å². The first-order valence-electron chi connectivity index (χ1n) is 7.71. The lowest BCUT2D eigenvalue weighted by Crippen LogP contribution is -2.49. The maximum atomic E-state index is 11.4. The van der Waals surface area contributed by atoms with Gasteiger partial charge in [-0.1, -0.05) is 35.5 Å². The number of hydrogen-bond acceptors (Lipinski definition) is 6. The van der Waals surface area contributed by atoms with E-state index in [1.54, 1.807) is 4.90 Å². The molecule has 2 aromatic rings. The smallest absolute Gasteiger partial charge is 0.248 e. The molecule has 0 atom stereocenters. The highest BCUT2D eigenvalue weighted by molar-refractivity contribution is 5.77. The Hall–Kier alpha value is -2.25. The highest BCUT2D eigenvalue weighted by atomic mass is 16.5. The fourth-order valence-electron chi connectivity index (χ4n) is 2.65. The lowest BCUT2D eigenvalue weighted by molar-refractivity contribution is -0.136. The molecule has 1 amide bonds. The number of amides is 1. The molecule has 1 aromatic carbocycles. The Balaban J connectivity index is 1.51. The second-order valence-corrected chi connectivity index (χ2v) is 5.58. The van der Waals surface area contributed by atoms with Gasteiger partial charge in [-0.2, -0.15) is 4.98 Å². The van der Waals surface area contributed by atoms with E-state index in [0.29, 0.717) is 37.8 Å². The Morgan fingerprint density at radius 1 is 1.17 bits per heavy atom. The molecule has 1 N–H and O–H groups in total. The molecule has 7 nitrogen and oxygen atoms in total. The van der Waals surface area contributed by atoms with E-state index in [9.17, 15) is 4.79 Å². The van der Waals surface area contributed by atoms with Gasteiger partial charge >= 0.3 is 0 Å². The Kier molecular flexibility index (Phi) is 4.99. The zero-order valence-corrected chi connectivity index (χ0v) is 12.9. The Morgan fingerprint density at radius 3 is 2.61 bits per heavy atom. The summed E-state index contributed by atoms with van der Waals surface area (Å²) in [5.74, 6) is 1.06. The molecule has 0 bridgehead atoms. The van der Waals surface area contributed by atoms with Gasteiger partial charge in [-0.25, -0.2) is 0 Å². The third-order valence-electron chi connectivity index (χ3n) is 3.93. The SMILES string of the molecule is O=C(CO)N1CCN(Cc2nc(Cc3ccccc3)no2)CC1. The van der Waals surface area contributed by atoms with E-state index in [-0.39, 0.29) is 5.91 Å². The van der Waals surface area contributed by atoms with Crippen LogP contribution in [0.5, 0.6) is 0 Å². The van der Waals surface area contributed by atoms with Crippen molar-refractivity contribution < 1.29 is 14.4 Å². The van der Waals surface area contributed by atoms with Crippen molar-refractivity contribution in [2.75, 3.05) is 32.8 Å². The van der Waals surface area contributed by atoms with Gasteiger partial charge < -0.3 is 14.5 Å². The van der Waals surface area contributed by atoms with Gasteiger partial charge in [-0.3, -0.25) is 9.69 Å². The maximum Gasteiger partial charge on any atom is 0.248 e. The molecular weight excluding hydrogens is 296 g/mol. The molecule has 0 radical (unpaired) electrons. The van der Waals surface area contributed by atoms with E-state index in [1.165, 1.54) is 0 Å². The summed E-state index contributed by atoms with van der Waals surface area (Å²) in [4.78, 5) is 19.7. The first-order valence-corrected chi connectivity index (χ1v) is 7.71. The zero-order valence-electron chi connectivity index (χ0n) is 12.9. The zero-order chi connectivity index (χ0) is 16.1. The van der Waals surface area contributed by atoms with Crippen LogP contribution >= 0.6 is 0 Å². The predicted molar refractivity (Wildman–Crippen MR) is 82.5 cm³/mol. The lowest BCUT2D eigenvalue weighted by Gasteiger charge is -2.33. The van der Waals surface area contributed by atoms with Crippen molar-refractivity contribution in [2.45, 2.75) is 13.0 Å². The van der Waals surface area contributed by atoms with Gasteiger partial charge in [0.25, 0.3) is 0 Å². The largest absolute Gasteiger partial charge is 0.387 e. The summed E-state index contributed by atoms with van der Waals surface area (Å²) in [6.45, 7) is 2.87. The molecule has 1 fully saturated rings. The summed E-state index contributed by atoms with van der Waals surface area (Å²) >= 11 is 0. The summed E-state index contributed by atoms with van der Waals surface area (Å²) < 4.78 is 5.31. The molecule has 7 heteroatoms. The fraction of sp³-hybridized carbons (Fsp3) is 0.438. The summed E-state index contributed by atoms with van der Waals surface area (Å²) in [6, 6.07) is 10.0. The molecule has 1 aromatic heterocycles. The van der Waals surface area contributed by atoms with Gasteiger partial charge in [0.1, 0.15) is 6.61 Å². The van der Waals surface area contributed by atoms with E-state index < -0.39 is 6.61 Å². The molecule has 1 aliphatic heterocycles. The normalized spacial score (nSPS) is 15.8. The molecule has 1 saturated heterocycles. The van der Waals surface area contributed by atoms with Crippen molar-refractivity contribution in [2.24, 2.45) is 0 Å². The van der Waals surface area contributed by atoms with Crippen molar-refractivity contribution in [1.29, 1.82) is 0 Å². The Morgan fingerprint density at radius 2 is 1.91 bits per heavy atom. The monoisotopic (exact) mass is 316 g/mol. The number of aliphatic hydroxyl groups excluding tert-OH is 1. The average molecular weight is 316 g/mol. The molecule has 0 spiro atoms. The van der Waals surface area contributed by atoms with Crippen LogP contribution in [0.4, 0.5) is 0 Å².